The lowest BCUT2D eigenvalue weighted by Gasteiger charge is -2.06. The lowest BCUT2D eigenvalue weighted by Crippen LogP contribution is -2.17. The second-order valence-electron chi connectivity index (χ2n) is 4.11. The molecule has 5 heteroatoms. The number of oxime groups is 1. The van der Waals surface area contributed by atoms with Gasteiger partial charge in [-0.2, -0.15) is 0 Å². The van der Waals surface area contributed by atoms with E-state index in [0.29, 0.717) is 6.42 Å². The van der Waals surface area contributed by atoms with Gasteiger partial charge in [0.2, 0.25) is 0 Å². The van der Waals surface area contributed by atoms with E-state index in [-0.39, 0.29) is 12.3 Å². The highest BCUT2D eigenvalue weighted by molar-refractivity contribution is 9.09. The minimum Gasteiger partial charge on any atom is -0.456 e. The predicted molar refractivity (Wildman–Crippen MR) is 77.7 cm³/mol. The van der Waals surface area contributed by atoms with Crippen molar-refractivity contribution in [2.45, 2.75) is 32.3 Å². The fourth-order valence-electron chi connectivity index (χ4n) is 1.56. The highest BCUT2D eigenvalue weighted by Gasteiger charge is 2.13. The normalized spacial score (nSPS) is 11.3. The molecule has 0 spiro atoms. The molecule has 104 valence electrons. The molecule has 0 amide bonds. The van der Waals surface area contributed by atoms with Crippen molar-refractivity contribution in [3.63, 3.8) is 0 Å². The van der Waals surface area contributed by atoms with Gasteiger partial charge in [0.25, 0.3) is 0 Å². The third kappa shape index (κ3) is 6.38. The lowest BCUT2D eigenvalue weighted by atomic mass is 10.1. The van der Waals surface area contributed by atoms with E-state index < -0.39 is 5.97 Å². The van der Waals surface area contributed by atoms with Gasteiger partial charge in [0, 0.05) is 11.8 Å². The molecule has 0 aliphatic rings. The number of hydrogen-bond acceptors (Lipinski definition) is 4. The molecule has 1 N–H and O–H groups in total. The van der Waals surface area contributed by atoms with Crippen LogP contribution in [0.1, 0.15) is 31.2 Å². The Hall–Kier alpha value is -1.36. The van der Waals surface area contributed by atoms with Crippen LogP contribution < -0.4 is 0 Å². The summed E-state index contributed by atoms with van der Waals surface area (Å²) in [5.41, 5.74) is 0.998. The summed E-state index contributed by atoms with van der Waals surface area (Å²) in [5.74, 6) is -0.551. The third-order valence-electron chi connectivity index (χ3n) is 2.62. The van der Waals surface area contributed by atoms with Gasteiger partial charge in [-0.25, -0.2) is 4.79 Å². The Kier molecular flexibility index (Phi) is 7.89. The van der Waals surface area contributed by atoms with Crippen molar-refractivity contribution < 1.29 is 14.7 Å². The first kappa shape index (κ1) is 15.7. The van der Waals surface area contributed by atoms with Crippen LogP contribution in [-0.2, 0) is 16.1 Å². The molecule has 0 saturated heterocycles. The molecule has 1 rings (SSSR count). The van der Waals surface area contributed by atoms with E-state index in [1.807, 2.05) is 30.3 Å². The SMILES string of the molecule is O=C(OCc1ccccc1)/C(CCCCCBr)=N/O. The highest BCUT2D eigenvalue weighted by atomic mass is 79.9. The van der Waals surface area contributed by atoms with Crippen LogP contribution >= 0.6 is 15.9 Å². The van der Waals surface area contributed by atoms with Crippen molar-refractivity contribution in [3.8, 4) is 0 Å². The second kappa shape index (κ2) is 9.55. The topological polar surface area (TPSA) is 58.9 Å². The number of unbranched alkanes of at least 4 members (excludes halogenated alkanes) is 2. The summed E-state index contributed by atoms with van der Waals surface area (Å²) < 4.78 is 5.10. The van der Waals surface area contributed by atoms with Gasteiger partial charge in [0.15, 0.2) is 5.71 Å². The zero-order valence-corrected chi connectivity index (χ0v) is 12.3. The molecule has 0 bridgehead atoms. The predicted octanol–water partition coefficient (Wildman–Crippen LogP) is 3.52. The minimum absolute atomic E-state index is 0.0884. The number of rotatable bonds is 8. The van der Waals surface area contributed by atoms with Crippen molar-refractivity contribution in [1.29, 1.82) is 0 Å². The average molecular weight is 328 g/mol. The first-order valence-electron chi connectivity index (χ1n) is 6.26. The van der Waals surface area contributed by atoms with E-state index >= 15 is 0 Å². The number of alkyl halides is 1. The molecule has 1 aromatic carbocycles. The summed E-state index contributed by atoms with van der Waals surface area (Å²) in [5, 5.41) is 12.8. The molecule has 0 saturated carbocycles. The van der Waals surface area contributed by atoms with Gasteiger partial charge in [-0.15, -0.1) is 0 Å². The molecule has 0 aliphatic carbocycles. The van der Waals surface area contributed by atoms with Crippen molar-refractivity contribution >= 4 is 27.6 Å². The summed E-state index contributed by atoms with van der Waals surface area (Å²) in [4.78, 5) is 11.7. The van der Waals surface area contributed by atoms with Crippen molar-refractivity contribution in [2.75, 3.05) is 5.33 Å². The Bertz CT molecular complexity index is 406. The summed E-state index contributed by atoms with van der Waals surface area (Å²) in [7, 11) is 0. The average Bonchev–Trinajstić information content (AvgIpc) is 2.46. The van der Waals surface area contributed by atoms with Gasteiger partial charge >= 0.3 is 5.97 Å². The zero-order valence-electron chi connectivity index (χ0n) is 10.7. The van der Waals surface area contributed by atoms with Crippen LogP contribution in [-0.4, -0.2) is 22.2 Å². The summed E-state index contributed by atoms with van der Waals surface area (Å²) in [6.45, 7) is 0.195. The smallest absolute Gasteiger partial charge is 0.356 e. The molecule has 0 radical (unpaired) electrons. The Labute approximate surface area is 121 Å². The number of carbonyl (C=O) groups is 1. The number of benzene rings is 1. The van der Waals surface area contributed by atoms with E-state index in [1.54, 1.807) is 0 Å². The number of halogens is 1. The molecule has 0 aromatic heterocycles. The molecular formula is C14H18BrNO3. The molecule has 4 nitrogen and oxygen atoms in total. The quantitative estimate of drug-likeness (QED) is 0.198. The molecule has 0 heterocycles. The Balaban J connectivity index is 2.34. The monoisotopic (exact) mass is 327 g/mol. The van der Waals surface area contributed by atoms with Gasteiger partial charge in [-0.05, 0) is 18.4 Å². The second-order valence-corrected chi connectivity index (χ2v) is 4.90. The van der Waals surface area contributed by atoms with Crippen LogP contribution in [0.3, 0.4) is 0 Å². The molecule has 0 fully saturated rings. The van der Waals surface area contributed by atoms with E-state index in [2.05, 4.69) is 21.1 Å². The van der Waals surface area contributed by atoms with Gasteiger partial charge in [-0.1, -0.05) is 57.8 Å². The first-order chi connectivity index (χ1) is 9.27. The summed E-state index contributed by atoms with van der Waals surface area (Å²) in [6, 6.07) is 9.41. The van der Waals surface area contributed by atoms with Gasteiger partial charge in [0.05, 0.1) is 0 Å². The standard InChI is InChI=1S/C14H18BrNO3/c15-10-6-2-5-9-13(16-18)14(17)19-11-12-7-3-1-4-8-12/h1,3-4,7-8,18H,2,5-6,9-11H2/b16-13+. The van der Waals surface area contributed by atoms with Crippen molar-refractivity contribution in [3.05, 3.63) is 35.9 Å². The Morgan fingerprint density at radius 2 is 1.95 bits per heavy atom. The number of esters is 1. The van der Waals surface area contributed by atoms with Gasteiger partial charge < -0.3 is 9.94 Å². The lowest BCUT2D eigenvalue weighted by molar-refractivity contribution is -0.137. The number of ether oxygens (including phenoxy) is 1. The fourth-order valence-corrected chi connectivity index (χ4v) is 1.96. The maximum atomic E-state index is 11.7. The molecule has 0 atom stereocenters. The van der Waals surface area contributed by atoms with Crippen LogP contribution in [0.5, 0.6) is 0 Å². The maximum Gasteiger partial charge on any atom is 0.356 e. The van der Waals surface area contributed by atoms with Crippen LogP contribution in [0, 0.1) is 0 Å². The largest absolute Gasteiger partial charge is 0.456 e. The zero-order chi connectivity index (χ0) is 13.9. The molecule has 19 heavy (non-hydrogen) atoms. The van der Waals surface area contributed by atoms with E-state index in [0.717, 1.165) is 30.2 Å². The van der Waals surface area contributed by atoms with Crippen LogP contribution in [0.25, 0.3) is 0 Å². The van der Waals surface area contributed by atoms with E-state index in [4.69, 9.17) is 9.94 Å². The van der Waals surface area contributed by atoms with Crippen molar-refractivity contribution in [1.82, 2.24) is 0 Å². The summed E-state index contributed by atoms with van der Waals surface area (Å²) >= 11 is 3.34. The fraction of sp³-hybridized carbons (Fsp3) is 0.429. The van der Waals surface area contributed by atoms with Crippen LogP contribution in [0.15, 0.2) is 35.5 Å². The summed E-state index contributed by atoms with van der Waals surface area (Å²) in [6.07, 6.45) is 3.27. The minimum atomic E-state index is -0.551. The Morgan fingerprint density at radius 1 is 1.21 bits per heavy atom. The van der Waals surface area contributed by atoms with E-state index in [9.17, 15) is 4.79 Å². The van der Waals surface area contributed by atoms with Crippen molar-refractivity contribution in [2.24, 2.45) is 5.16 Å². The number of carbonyl (C=O) groups excluding carboxylic acids is 1. The first-order valence-corrected chi connectivity index (χ1v) is 7.38. The van der Waals surface area contributed by atoms with Crippen LogP contribution in [0.2, 0.25) is 0 Å². The van der Waals surface area contributed by atoms with Gasteiger partial charge in [-0.3, -0.25) is 0 Å². The number of hydrogen-bond donors (Lipinski definition) is 1. The highest BCUT2D eigenvalue weighted by Crippen LogP contribution is 2.06. The van der Waals surface area contributed by atoms with Crippen LogP contribution in [0.4, 0.5) is 0 Å². The Morgan fingerprint density at radius 3 is 2.58 bits per heavy atom. The molecule has 0 unspecified atom stereocenters. The van der Waals surface area contributed by atoms with Gasteiger partial charge in [0.1, 0.15) is 6.61 Å². The molecule has 1 aromatic rings. The molecule has 0 aliphatic heterocycles. The van der Waals surface area contributed by atoms with E-state index in [1.165, 1.54) is 0 Å². The molecular weight excluding hydrogens is 310 g/mol. The number of nitrogens with zero attached hydrogens (tertiary/aromatic N) is 1. The maximum absolute atomic E-state index is 11.7. The third-order valence-corrected chi connectivity index (χ3v) is 3.18.